The van der Waals surface area contributed by atoms with Gasteiger partial charge in [-0.1, -0.05) is 59.2 Å². The fourth-order valence-corrected chi connectivity index (χ4v) is 6.99. The van der Waals surface area contributed by atoms with Crippen LogP contribution in [0.1, 0.15) is 33.4 Å². The van der Waals surface area contributed by atoms with Crippen molar-refractivity contribution in [2.45, 2.75) is 43.9 Å². The summed E-state index contributed by atoms with van der Waals surface area (Å²) in [5.41, 5.74) is 8.13. The van der Waals surface area contributed by atoms with Crippen molar-refractivity contribution in [3.63, 3.8) is 0 Å². The van der Waals surface area contributed by atoms with Crippen LogP contribution in [-0.2, 0) is 26.5 Å². The summed E-state index contributed by atoms with van der Waals surface area (Å²) < 4.78 is 59.1. The summed E-state index contributed by atoms with van der Waals surface area (Å²) >= 11 is 0. The van der Waals surface area contributed by atoms with Crippen LogP contribution in [0.4, 0.5) is 11.4 Å². The number of fused-ring (bicyclic) bond motifs is 3. The smallest absolute Gasteiger partial charge is 0.261 e. The average Bonchev–Trinajstić information content (AvgIpc) is 3.20. The molecule has 0 saturated carbocycles. The molecular weight excluding hydrogens is 504 g/mol. The Balaban J connectivity index is 1.41. The Bertz CT molecular complexity index is 1650. The van der Waals surface area contributed by atoms with Crippen LogP contribution in [0.15, 0.2) is 82.6 Å². The van der Waals surface area contributed by atoms with Crippen molar-refractivity contribution in [2.24, 2.45) is 0 Å². The van der Waals surface area contributed by atoms with Gasteiger partial charge in [-0.2, -0.15) is 0 Å². The summed E-state index contributed by atoms with van der Waals surface area (Å²) in [4.78, 5) is 0.278. The number of nitrogens with one attached hydrogen (secondary N) is 1. The van der Waals surface area contributed by atoms with Crippen LogP contribution in [0.3, 0.4) is 0 Å². The number of nitrogens with zero attached hydrogens (tertiary/aromatic N) is 1. The number of hydrogen-bond acceptors (Lipinski definition) is 4. The second-order valence-corrected chi connectivity index (χ2v) is 12.9. The molecule has 1 aliphatic carbocycles. The fraction of sp³-hybridized carbons (Fsp3) is 0.172. The molecule has 0 bridgehead atoms. The van der Waals surface area contributed by atoms with E-state index in [2.05, 4.69) is 9.44 Å². The Kier molecular flexibility index (Phi) is 6.12. The molecule has 0 amide bonds. The van der Waals surface area contributed by atoms with Crippen LogP contribution in [-0.4, -0.2) is 16.8 Å². The average molecular weight is 532 g/mol. The van der Waals surface area contributed by atoms with Gasteiger partial charge in [-0.05, 0) is 92.3 Å². The third-order valence-corrected chi connectivity index (χ3v) is 9.28. The van der Waals surface area contributed by atoms with Gasteiger partial charge in [0.15, 0.2) is 0 Å². The number of rotatable bonds is 6. The largest absolute Gasteiger partial charge is 0.572 e. The topological polar surface area (TPSA) is 94.4 Å². The Morgan fingerprint density at radius 1 is 0.649 bits per heavy atom. The van der Waals surface area contributed by atoms with E-state index in [-0.39, 0.29) is 9.79 Å². The maximum Gasteiger partial charge on any atom is 0.261 e. The van der Waals surface area contributed by atoms with Crippen LogP contribution < -0.4 is 4.72 Å². The summed E-state index contributed by atoms with van der Waals surface area (Å²) in [5, 5.41) is 0. The van der Waals surface area contributed by atoms with Gasteiger partial charge in [0.2, 0.25) is 0 Å². The highest BCUT2D eigenvalue weighted by molar-refractivity contribution is 7.94. The van der Waals surface area contributed by atoms with E-state index in [0.717, 1.165) is 44.5 Å². The van der Waals surface area contributed by atoms with Gasteiger partial charge in [0.05, 0.1) is 15.5 Å². The Morgan fingerprint density at radius 2 is 1.22 bits per heavy atom. The lowest BCUT2D eigenvalue weighted by molar-refractivity contribution is 0.600. The van der Waals surface area contributed by atoms with E-state index < -0.39 is 20.0 Å². The minimum atomic E-state index is -3.91. The monoisotopic (exact) mass is 531 g/mol. The number of aryl methyl sites for hydroxylation is 4. The normalized spacial score (nSPS) is 12.6. The molecule has 0 aliphatic heterocycles. The molecule has 37 heavy (non-hydrogen) atoms. The molecule has 4 aromatic carbocycles. The maximum atomic E-state index is 13.1. The Hall–Kier alpha value is -3.62. The van der Waals surface area contributed by atoms with Gasteiger partial charge in [-0.3, -0.25) is 4.72 Å². The molecule has 4 aromatic rings. The van der Waals surface area contributed by atoms with Crippen molar-refractivity contribution in [1.82, 2.24) is 0 Å². The summed E-state index contributed by atoms with van der Waals surface area (Å²) in [6.07, 6.45) is 0.435. The number of sulfonamides is 2. The molecule has 1 aliphatic rings. The molecular formula is C29H27N2O4S2-. The van der Waals surface area contributed by atoms with Gasteiger partial charge in [0.1, 0.15) is 10.0 Å². The van der Waals surface area contributed by atoms with Gasteiger partial charge in [0.25, 0.3) is 10.0 Å². The Labute approximate surface area is 218 Å². The zero-order chi connectivity index (χ0) is 26.5. The molecule has 0 aromatic heterocycles. The maximum absolute atomic E-state index is 13.1. The van der Waals surface area contributed by atoms with E-state index in [1.165, 1.54) is 0 Å². The third kappa shape index (κ3) is 4.86. The Morgan fingerprint density at radius 3 is 1.84 bits per heavy atom. The minimum absolute atomic E-state index is 0.114. The lowest BCUT2D eigenvalue weighted by atomic mass is 10.1. The minimum Gasteiger partial charge on any atom is -0.572 e. The van der Waals surface area contributed by atoms with Crippen LogP contribution >= 0.6 is 0 Å². The molecule has 0 spiro atoms. The van der Waals surface area contributed by atoms with Crippen LogP contribution in [0.2, 0.25) is 0 Å². The molecule has 190 valence electrons. The lowest BCUT2D eigenvalue weighted by Crippen LogP contribution is -2.14. The summed E-state index contributed by atoms with van der Waals surface area (Å²) in [7, 11) is -7.70. The fourth-order valence-electron chi connectivity index (χ4n) is 4.71. The van der Waals surface area contributed by atoms with Gasteiger partial charge in [-0.15, -0.1) is 5.69 Å². The van der Waals surface area contributed by atoms with E-state index in [4.69, 9.17) is 0 Å². The van der Waals surface area contributed by atoms with Gasteiger partial charge in [-0.25, -0.2) is 16.8 Å². The molecule has 0 radical (unpaired) electrons. The lowest BCUT2D eigenvalue weighted by Gasteiger charge is -2.24. The molecule has 5 rings (SSSR count). The van der Waals surface area contributed by atoms with Crippen molar-refractivity contribution in [1.29, 1.82) is 0 Å². The summed E-state index contributed by atoms with van der Waals surface area (Å²) in [6, 6.07) is 21.0. The number of anilines is 1. The summed E-state index contributed by atoms with van der Waals surface area (Å²) in [5.74, 6) is 0. The predicted molar refractivity (Wildman–Crippen MR) is 148 cm³/mol. The standard InChI is InChI=1S/C29H27N2O4S2/c1-18-5-11-28(20(3)13-18)30-36(32,33)24-7-9-26-22(16-24)15-23-17-25(8-10-27(23)26)37(34,35)31-29-12-6-19(2)14-21(29)4/h5-14,16-17,30H,15H2,1-4H3/q-1. The molecule has 6 nitrogen and oxygen atoms in total. The summed E-state index contributed by atoms with van der Waals surface area (Å²) in [6.45, 7) is 7.60. The van der Waals surface area contributed by atoms with Gasteiger partial charge >= 0.3 is 0 Å². The predicted octanol–water partition coefficient (Wildman–Crippen LogP) is 6.69. The van der Waals surface area contributed by atoms with E-state index in [9.17, 15) is 16.8 Å². The van der Waals surface area contributed by atoms with Crippen LogP contribution in [0.25, 0.3) is 15.8 Å². The zero-order valence-electron chi connectivity index (χ0n) is 21.0. The number of benzene rings is 4. The number of hydrogen-bond donors (Lipinski definition) is 1. The highest BCUT2D eigenvalue weighted by atomic mass is 32.2. The molecule has 8 heteroatoms. The van der Waals surface area contributed by atoms with E-state index in [1.807, 2.05) is 52.0 Å². The van der Waals surface area contributed by atoms with Crippen molar-refractivity contribution in [3.05, 3.63) is 111 Å². The first-order chi connectivity index (χ1) is 17.4. The molecule has 0 atom stereocenters. The highest BCUT2D eigenvalue weighted by Gasteiger charge is 2.24. The second kappa shape index (κ2) is 9.04. The van der Waals surface area contributed by atoms with Crippen LogP contribution in [0, 0.1) is 27.7 Å². The van der Waals surface area contributed by atoms with E-state index in [0.29, 0.717) is 17.8 Å². The van der Waals surface area contributed by atoms with Gasteiger partial charge < -0.3 is 4.72 Å². The molecule has 0 heterocycles. The zero-order valence-corrected chi connectivity index (χ0v) is 22.7. The first-order valence-electron chi connectivity index (χ1n) is 11.8. The third-order valence-electron chi connectivity index (χ3n) is 6.63. The van der Waals surface area contributed by atoms with Crippen molar-refractivity contribution < 1.29 is 16.8 Å². The van der Waals surface area contributed by atoms with Gasteiger partial charge in [0, 0.05) is 0 Å². The SMILES string of the molecule is Cc1ccc([N-]S(=O)(=O)c2ccc3c(c2)Cc2cc(S(=O)(=O)Nc4ccc(C)cc4C)ccc2-3)c(C)c1. The molecule has 0 saturated heterocycles. The first-order valence-corrected chi connectivity index (χ1v) is 14.8. The highest BCUT2D eigenvalue weighted by Crippen LogP contribution is 2.40. The van der Waals surface area contributed by atoms with Crippen LogP contribution in [0.5, 0.6) is 0 Å². The first kappa shape index (κ1) is 25.0. The van der Waals surface area contributed by atoms with Crippen molar-refractivity contribution in [2.75, 3.05) is 4.72 Å². The molecule has 0 fully saturated rings. The quantitative estimate of drug-likeness (QED) is 0.264. The van der Waals surface area contributed by atoms with E-state index in [1.54, 1.807) is 48.5 Å². The molecule has 1 N–H and O–H groups in total. The second-order valence-electron chi connectivity index (χ2n) is 9.59. The van der Waals surface area contributed by atoms with E-state index >= 15 is 0 Å². The van der Waals surface area contributed by atoms with Crippen molar-refractivity contribution in [3.8, 4) is 11.1 Å². The molecule has 0 unspecified atom stereocenters. The van der Waals surface area contributed by atoms with Crippen molar-refractivity contribution >= 4 is 31.4 Å².